The van der Waals surface area contributed by atoms with Crippen LogP contribution in [0.25, 0.3) is 0 Å². The lowest BCUT2D eigenvalue weighted by Gasteiger charge is -2.26. The third-order valence-corrected chi connectivity index (χ3v) is 5.08. The first-order chi connectivity index (χ1) is 9.01. The molecule has 0 spiro atoms. The molecular formula is C14H21N3S2. The highest BCUT2D eigenvalue weighted by atomic mass is 32.1. The Balaban J connectivity index is 2.15. The van der Waals surface area contributed by atoms with Crippen molar-refractivity contribution < 1.29 is 0 Å². The maximum atomic E-state index is 5.99. The lowest BCUT2D eigenvalue weighted by molar-refractivity contribution is 0.239. The van der Waals surface area contributed by atoms with Crippen molar-refractivity contribution in [1.82, 2.24) is 9.88 Å². The Hall–Kier alpha value is -0.750. The quantitative estimate of drug-likeness (QED) is 0.920. The topological polar surface area (TPSA) is 42.1 Å². The number of rotatable bonds is 5. The van der Waals surface area contributed by atoms with Gasteiger partial charge in [-0.3, -0.25) is 4.90 Å². The molecule has 0 aliphatic heterocycles. The molecule has 0 radical (unpaired) electrons. The predicted octanol–water partition coefficient (Wildman–Crippen LogP) is 3.26. The zero-order chi connectivity index (χ0) is 14.0. The average molecular weight is 295 g/mol. The van der Waals surface area contributed by atoms with Crippen molar-refractivity contribution >= 4 is 22.7 Å². The van der Waals surface area contributed by atoms with Crippen LogP contribution in [-0.4, -0.2) is 23.5 Å². The zero-order valence-corrected chi connectivity index (χ0v) is 13.6. The Morgan fingerprint density at radius 1 is 1.37 bits per heavy atom. The second-order valence-electron chi connectivity index (χ2n) is 4.89. The average Bonchev–Trinajstić information content (AvgIpc) is 2.87. The van der Waals surface area contributed by atoms with Gasteiger partial charge >= 0.3 is 0 Å². The summed E-state index contributed by atoms with van der Waals surface area (Å²) in [5.74, 6) is 0. The summed E-state index contributed by atoms with van der Waals surface area (Å²) >= 11 is 3.55. The highest BCUT2D eigenvalue weighted by Gasteiger charge is 2.19. The second-order valence-corrected chi connectivity index (χ2v) is 7.42. The SMILES string of the molecule is Cc1cc(C(CN)N(C)Cc2csc(C)n2)c(C)s1. The van der Waals surface area contributed by atoms with Gasteiger partial charge in [-0.05, 0) is 39.4 Å². The van der Waals surface area contributed by atoms with Crippen molar-refractivity contribution in [1.29, 1.82) is 0 Å². The Morgan fingerprint density at radius 2 is 2.11 bits per heavy atom. The molecule has 2 aromatic rings. The minimum absolute atomic E-state index is 0.270. The van der Waals surface area contributed by atoms with Crippen LogP contribution in [0.5, 0.6) is 0 Å². The summed E-state index contributed by atoms with van der Waals surface area (Å²) in [6.45, 7) is 7.85. The Kier molecular flexibility index (Phi) is 4.73. The van der Waals surface area contributed by atoms with Gasteiger partial charge in [0.25, 0.3) is 0 Å². The molecule has 0 amide bonds. The van der Waals surface area contributed by atoms with Crippen LogP contribution in [0, 0.1) is 20.8 Å². The molecule has 5 heteroatoms. The van der Waals surface area contributed by atoms with Gasteiger partial charge in [-0.15, -0.1) is 22.7 Å². The molecule has 2 rings (SSSR count). The number of aryl methyl sites for hydroxylation is 3. The monoisotopic (exact) mass is 295 g/mol. The number of nitrogens with two attached hydrogens (primary N) is 1. The van der Waals surface area contributed by atoms with Crippen LogP contribution >= 0.6 is 22.7 Å². The fourth-order valence-corrected chi connectivity index (χ4v) is 3.96. The maximum Gasteiger partial charge on any atom is 0.0897 e. The van der Waals surface area contributed by atoms with E-state index < -0.39 is 0 Å². The van der Waals surface area contributed by atoms with Gasteiger partial charge in [0, 0.05) is 34.3 Å². The standard InChI is InChI=1S/C14H21N3S2/c1-9-5-13(10(2)19-9)14(6-15)17(4)7-12-8-18-11(3)16-12/h5,8,14H,6-7,15H2,1-4H3. The lowest BCUT2D eigenvalue weighted by Crippen LogP contribution is -2.30. The van der Waals surface area contributed by atoms with E-state index in [1.165, 1.54) is 15.3 Å². The van der Waals surface area contributed by atoms with E-state index in [1.54, 1.807) is 11.3 Å². The molecular weight excluding hydrogens is 274 g/mol. The van der Waals surface area contributed by atoms with E-state index in [0.29, 0.717) is 6.54 Å². The summed E-state index contributed by atoms with van der Waals surface area (Å²) in [5, 5.41) is 3.25. The molecule has 0 fully saturated rings. The van der Waals surface area contributed by atoms with Gasteiger partial charge in [0.05, 0.1) is 10.7 Å². The van der Waals surface area contributed by atoms with Crippen LogP contribution in [0.1, 0.15) is 32.1 Å². The van der Waals surface area contributed by atoms with Crippen molar-refractivity contribution in [2.75, 3.05) is 13.6 Å². The molecule has 0 bridgehead atoms. The van der Waals surface area contributed by atoms with E-state index >= 15 is 0 Å². The molecule has 0 aliphatic carbocycles. The fraction of sp³-hybridized carbons (Fsp3) is 0.500. The molecule has 0 aromatic carbocycles. The summed E-state index contributed by atoms with van der Waals surface area (Å²) in [4.78, 5) is 9.54. The van der Waals surface area contributed by atoms with Crippen molar-refractivity contribution in [3.63, 3.8) is 0 Å². The predicted molar refractivity (Wildman–Crippen MR) is 83.9 cm³/mol. The fourth-order valence-electron chi connectivity index (χ4n) is 2.37. The molecule has 2 aromatic heterocycles. The van der Waals surface area contributed by atoms with Crippen molar-refractivity contribution in [2.24, 2.45) is 5.73 Å². The van der Waals surface area contributed by atoms with Gasteiger partial charge < -0.3 is 5.73 Å². The third-order valence-electron chi connectivity index (χ3n) is 3.27. The summed E-state index contributed by atoms with van der Waals surface area (Å²) in [5.41, 5.74) is 8.48. The number of thiazole rings is 1. The molecule has 0 aliphatic rings. The van der Waals surface area contributed by atoms with Crippen LogP contribution in [0.2, 0.25) is 0 Å². The summed E-state index contributed by atoms with van der Waals surface area (Å²) in [7, 11) is 2.12. The first-order valence-electron chi connectivity index (χ1n) is 6.39. The molecule has 19 heavy (non-hydrogen) atoms. The summed E-state index contributed by atoms with van der Waals surface area (Å²) < 4.78 is 0. The van der Waals surface area contributed by atoms with Crippen molar-refractivity contribution in [3.8, 4) is 0 Å². The van der Waals surface area contributed by atoms with E-state index in [4.69, 9.17) is 5.73 Å². The second kappa shape index (κ2) is 6.13. The van der Waals surface area contributed by atoms with Gasteiger partial charge in [-0.2, -0.15) is 0 Å². The highest BCUT2D eigenvalue weighted by molar-refractivity contribution is 7.12. The highest BCUT2D eigenvalue weighted by Crippen LogP contribution is 2.29. The number of nitrogens with zero attached hydrogens (tertiary/aromatic N) is 2. The summed E-state index contributed by atoms with van der Waals surface area (Å²) in [6, 6.07) is 2.53. The number of thiophene rings is 1. The van der Waals surface area contributed by atoms with E-state index in [9.17, 15) is 0 Å². The van der Waals surface area contributed by atoms with Crippen LogP contribution in [-0.2, 0) is 6.54 Å². The Bertz CT molecular complexity index is 545. The van der Waals surface area contributed by atoms with Gasteiger partial charge in [0.2, 0.25) is 0 Å². The minimum atomic E-state index is 0.270. The molecule has 104 valence electrons. The van der Waals surface area contributed by atoms with Crippen molar-refractivity contribution in [2.45, 2.75) is 33.4 Å². The van der Waals surface area contributed by atoms with Crippen LogP contribution in [0.3, 0.4) is 0 Å². The van der Waals surface area contributed by atoms with Crippen LogP contribution in [0.4, 0.5) is 0 Å². The first-order valence-corrected chi connectivity index (χ1v) is 8.09. The zero-order valence-electron chi connectivity index (χ0n) is 11.9. The van der Waals surface area contributed by atoms with E-state index in [2.05, 4.69) is 42.2 Å². The Labute approximate surface area is 123 Å². The maximum absolute atomic E-state index is 5.99. The first kappa shape index (κ1) is 14.7. The van der Waals surface area contributed by atoms with Gasteiger partial charge in [-0.1, -0.05) is 0 Å². The number of hydrogen-bond acceptors (Lipinski definition) is 5. The number of likely N-dealkylation sites (N-methyl/N-ethyl adjacent to an activating group) is 1. The van der Waals surface area contributed by atoms with Crippen LogP contribution < -0.4 is 5.73 Å². The van der Waals surface area contributed by atoms with Gasteiger partial charge in [0.15, 0.2) is 0 Å². The molecule has 0 saturated heterocycles. The lowest BCUT2D eigenvalue weighted by atomic mass is 10.1. The Morgan fingerprint density at radius 3 is 2.58 bits per heavy atom. The summed E-state index contributed by atoms with van der Waals surface area (Å²) in [6.07, 6.45) is 0. The number of aromatic nitrogens is 1. The van der Waals surface area contributed by atoms with E-state index in [1.807, 2.05) is 18.3 Å². The normalized spacial score (nSPS) is 13.2. The molecule has 1 atom stereocenters. The van der Waals surface area contributed by atoms with Gasteiger partial charge in [0.1, 0.15) is 0 Å². The third kappa shape index (κ3) is 3.42. The molecule has 0 saturated carbocycles. The molecule has 2 heterocycles. The van der Waals surface area contributed by atoms with Crippen LogP contribution in [0.15, 0.2) is 11.4 Å². The van der Waals surface area contributed by atoms with Crippen molar-refractivity contribution in [3.05, 3.63) is 37.5 Å². The van der Waals surface area contributed by atoms with E-state index in [0.717, 1.165) is 17.2 Å². The van der Waals surface area contributed by atoms with Gasteiger partial charge in [-0.25, -0.2) is 4.98 Å². The minimum Gasteiger partial charge on any atom is -0.329 e. The smallest absolute Gasteiger partial charge is 0.0897 e. The number of hydrogen-bond donors (Lipinski definition) is 1. The largest absolute Gasteiger partial charge is 0.329 e. The van der Waals surface area contributed by atoms with E-state index in [-0.39, 0.29) is 6.04 Å². The molecule has 1 unspecified atom stereocenters. The molecule has 2 N–H and O–H groups in total. The molecule has 3 nitrogen and oxygen atoms in total.